The molecule has 110 valence electrons. The van der Waals surface area contributed by atoms with Gasteiger partial charge >= 0.3 is 0 Å². The molecule has 0 fully saturated rings. The summed E-state index contributed by atoms with van der Waals surface area (Å²) in [5, 5.41) is 5.84. The molecule has 0 saturated carbocycles. The van der Waals surface area contributed by atoms with E-state index >= 15 is 0 Å². The lowest BCUT2D eigenvalue weighted by Crippen LogP contribution is -2.23. The van der Waals surface area contributed by atoms with Crippen LogP contribution in [0.2, 0.25) is 0 Å². The standard InChI is InChI=1S/C16H19N3O2/c1-2-8-18-16(20)14-3-4-15(19-12-14)17-9-5-13-6-10-21-11-7-13/h1,3-4,6,12H,5,7-11H2,(H,17,19)(H,18,20). The number of pyridine rings is 1. The molecular formula is C16H19N3O2. The second-order valence-corrected chi connectivity index (χ2v) is 4.68. The second-order valence-electron chi connectivity index (χ2n) is 4.68. The van der Waals surface area contributed by atoms with Gasteiger partial charge in [-0.05, 0) is 25.0 Å². The van der Waals surface area contributed by atoms with Crippen LogP contribution in [0.5, 0.6) is 0 Å². The highest BCUT2D eigenvalue weighted by molar-refractivity contribution is 5.94. The minimum atomic E-state index is -0.209. The van der Waals surface area contributed by atoms with E-state index in [2.05, 4.69) is 27.6 Å². The summed E-state index contributed by atoms with van der Waals surface area (Å²) >= 11 is 0. The molecule has 1 aliphatic heterocycles. The zero-order valence-corrected chi connectivity index (χ0v) is 11.9. The van der Waals surface area contributed by atoms with Crippen LogP contribution in [0.1, 0.15) is 23.2 Å². The number of anilines is 1. The third-order valence-corrected chi connectivity index (χ3v) is 3.19. The minimum absolute atomic E-state index is 0.209. The van der Waals surface area contributed by atoms with Crippen LogP contribution in [0.15, 0.2) is 30.0 Å². The van der Waals surface area contributed by atoms with Gasteiger partial charge < -0.3 is 15.4 Å². The number of ether oxygens (including phenoxy) is 1. The zero-order chi connectivity index (χ0) is 14.9. The van der Waals surface area contributed by atoms with Gasteiger partial charge in [-0.15, -0.1) is 6.42 Å². The van der Waals surface area contributed by atoms with Crippen LogP contribution < -0.4 is 10.6 Å². The maximum Gasteiger partial charge on any atom is 0.253 e. The Morgan fingerprint density at radius 3 is 3.05 bits per heavy atom. The molecular weight excluding hydrogens is 266 g/mol. The zero-order valence-electron chi connectivity index (χ0n) is 11.9. The van der Waals surface area contributed by atoms with Gasteiger partial charge in [0.25, 0.3) is 5.91 Å². The van der Waals surface area contributed by atoms with Crippen molar-refractivity contribution in [2.45, 2.75) is 12.8 Å². The number of carbonyl (C=O) groups excluding carboxylic acids is 1. The van der Waals surface area contributed by atoms with Crippen molar-refractivity contribution in [3.63, 3.8) is 0 Å². The van der Waals surface area contributed by atoms with E-state index in [1.807, 2.05) is 0 Å². The van der Waals surface area contributed by atoms with Gasteiger partial charge in [0.1, 0.15) is 5.82 Å². The molecule has 0 saturated heterocycles. The van der Waals surface area contributed by atoms with E-state index in [9.17, 15) is 4.79 Å². The van der Waals surface area contributed by atoms with E-state index in [4.69, 9.17) is 11.2 Å². The molecule has 0 bridgehead atoms. The van der Waals surface area contributed by atoms with E-state index in [0.29, 0.717) is 5.56 Å². The van der Waals surface area contributed by atoms with Crippen molar-refractivity contribution < 1.29 is 9.53 Å². The van der Waals surface area contributed by atoms with Crippen molar-refractivity contribution in [1.29, 1.82) is 0 Å². The maximum atomic E-state index is 11.6. The van der Waals surface area contributed by atoms with Crippen molar-refractivity contribution in [3.8, 4) is 12.3 Å². The van der Waals surface area contributed by atoms with E-state index in [-0.39, 0.29) is 12.5 Å². The van der Waals surface area contributed by atoms with E-state index < -0.39 is 0 Å². The van der Waals surface area contributed by atoms with Gasteiger partial charge in [-0.3, -0.25) is 4.79 Å². The molecule has 0 atom stereocenters. The average Bonchev–Trinajstić information content (AvgIpc) is 2.54. The number of hydrogen-bond donors (Lipinski definition) is 2. The molecule has 2 heterocycles. The first kappa shape index (κ1) is 15.1. The summed E-state index contributed by atoms with van der Waals surface area (Å²) in [5.74, 6) is 2.91. The van der Waals surface area contributed by atoms with Gasteiger partial charge in [-0.25, -0.2) is 4.98 Å². The van der Waals surface area contributed by atoms with Gasteiger partial charge in [-0.2, -0.15) is 0 Å². The topological polar surface area (TPSA) is 63.2 Å². The lowest BCUT2D eigenvalue weighted by molar-refractivity contribution is 0.0958. The summed E-state index contributed by atoms with van der Waals surface area (Å²) in [6, 6.07) is 3.53. The molecule has 2 rings (SSSR count). The third kappa shape index (κ3) is 4.93. The molecule has 2 N–H and O–H groups in total. The predicted octanol–water partition coefficient (Wildman–Crippen LogP) is 1.59. The van der Waals surface area contributed by atoms with Crippen LogP contribution in [-0.2, 0) is 4.74 Å². The van der Waals surface area contributed by atoms with Crippen LogP contribution >= 0.6 is 0 Å². The van der Waals surface area contributed by atoms with Crippen molar-refractivity contribution in [3.05, 3.63) is 35.5 Å². The number of nitrogens with zero attached hydrogens (tertiary/aromatic N) is 1. The van der Waals surface area contributed by atoms with Crippen LogP contribution in [0.25, 0.3) is 0 Å². The molecule has 1 aromatic rings. The normalized spacial score (nSPS) is 14.0. The van der Waals surface area contributed by atoms with Gasteiger partial charge in [0.15, 0.2) is 0 Å². The van der Waals surface area contributed by atoms with Gasteiger partial charge in [0, 0.05) is 12.7 Å². The lowest BCUT2D eigenvalue weighted by Gasteiger charge is -2.13. The highest BCUT2D eigenvalue weighted by atomic mass is 16.5. The Morgan fingerprint density at radius 1 is 1.48 bits per heavy atom. The molecule has 21 heavy (non-hydrogen) atoms. The monoisotopic (exact) mass is 285 g/mol. The van der Waals surface area contributed by atoms with Crippen LogP contribution in [0, 0.1) is 12.3 Å². The number of carbonyl (C=O) groups is 1. The summed E-state index contributed by atoms with van der Waals surface area (Å²) in [6.45, 7) is 2.57. The van der Waals surface area contributed by atoms with Crippen LogP contribution in [0.3, 0.4) is 0 Å². The first-order valence-electron chi connectivity index (χ1n) is 6.97. The van der Waals surface area contributed by atoms with Gasteiger partial charge in [0.05, 0.1) is 25.3 Å². The Hall–Kier alpha value is -2.32. The van der Waals surface area contributed by atoms with E-state index in [1.165, 1.54) is 5.57 Å². The quantitative estimate of drug-likeness (QED) is 0.615. The Morgan fingerprint density at radius 2 is 2.38 bits per heavy atom. The van der Waals surface area contributed by atoms with Crippen LogP contribution in [0.4, 0.5) is 5.82 Å². The molecule has 5 heteroatoms. The largest absolute Gasteiger partial charge is 0.377 e. The van der Waals surface area contributed by atoms with Crippen molar-refractivity contribution >= 4 is 11.7 Å². The predicted molar refractivity (Wildman–Crippen MR) is 82.0 cm³/mol. The molecule has 0 spiro atoms. The number of hydrogen-bond acceptors (Lipinski definition) is 4. The molecule has 0 aromatic carbocycles. The summed E-state index contributed by atoms with van der Waals surface area (Å²) in [5.41, 5.74) is 1.92. The first-order valence-corrected chi connectivity index (χ1v) is 6.97. The smallest absolute Gasteiger partial charge is 0.253 e. The molecule has 1 aromatic heterocycles. The maximum absolute atomic E-state index is 11.6. The third-order valence-electron chi connectivity index (χ3n) is 3.19. The second kappa shape index (κ2) is 8.08. The molecule has 0 radical (unpaired) electrons. The summed E-state index contributed by atoms with van der Waals surface area (Å²) in [4.78, 5) is 15.9. The minimum Gasteiger partial charge on any atom is -0.377 e. The van der Waals surface area contributed by atoms with Gasteiger partial charge in [-0.1, -0.05) is 17.6 Å². The Balaban J connectivity index is 1.78. The van der Waals surface area contributed by atoms with E-state index in [0.717, 1.165) is 38.4 Å². The molecule has 5 nitrogen and oxygen atoms in total. The molecule has 0 unspecified atom stereocenters. The Kier molecular flexibility index (Phi) is 5.80. The molecule has 0 aliphatic carbocycles. The average molecular weight is 285 g/mol. The highest BCUT2D eigenvalue weighted by Crippen LogP contribution is 2.12. The van der Waals surface area contributed by atoms with Crippen molar-refractivity contribution in [2.24, 2.45) is 0 Å². The summed E-state index contributed by atoms with van der Waals surface area (Å²) < 4.78 is 5.27. The number of terminal acetylenes is 1. The van der Waals surface area contributed by atoms with E-state index in [1.54, 1.807) is 18.3 Å². The Bertz CT molecular complexity index is 544. The fraction of sp³-hybridized carbons (Fsp3) is 0.375. The molecule has 1 aliphatic rings. The first-order chi connectivity index (χ1) is 10.3. The van der Waals surface area contributed by atoms with Gasteiger partial charge in [0.2, 0.25) is 0 Å². The lowest BCUT2D eigenvalue weighted by atomic mass is 10.1. The van der Waals surface area contributed by atoms with Crippen molar-refractivity contribution in [2.75, 3.05) is 31.6 Å². The summed E-state index contributed by atoms with van der Waals surface area (Å²) in [7, 11) is 0. The fourth-order valence-electron chi connectivity index (χ4n) is 2.01. The molecule has 1 amide bonds. The SMILES string of the molecule is C#CCNC(=O)c1ccc(NCCC2=CCOCC2)nc1. The number of nitrogens with one attached hydrogen (secondary N) is 2. The number of aromatic nitrogens is 1. The van der Waals surface area contributed by atoms with Crippen molar-refractivity contribution in [1.82, 2.24) is 10.3 Å². The Labute approximate surface area is 124 Å². The summed E-state index contributed by atoms with van der Waals surface area (Å²) in [6.07, 6.45) is 10.8. The fourth-order valence-corrected chi connectivity index (χ4v) is 2.01. The number of amides is 1. The highest BCUT2D eigenvalue weighted by Gasteiger charge is 2.06. The number of rotatable bonds is 6. The van der Waals surface area contributed by atoms with Crippen LogP contribution in [-0.4, -0.2) is 37.2 Å².